The van der Waals surface area contributed by atoms with Gasteiger partial charge in [0.1, 0.15) is 11.9 Å². The average molecular weight is 677 g/mol. The second-order valence-electron chi connectivity index (χ2n) is 13.0. The fourth-order valence-electron chi connectivity index (χ4n) is 5.79. The van der Waals surface area contributed by atoms with Crippen LogP contribution in [0, 0.1) is 0 Å². The number of carbonyl (C=O) groups excluding carboxylic acids is 3. The zero-order chi connectivity index (χ0) is 35.7. The van der Waals surface area contributed by atoms with Crippen LogP contribution in [0.5, 0.6) is 5.75 Å². The maximum absolute atomic E-state index is 12.9. The minimum atomic E-state index is -0.453. The first kappa shape index (κ1) is 38.1. The number of rotatable bonds is 19. The summed E-state index contributed by atoms with van der Waals surface area (Å²) in [5, 5.41) is 0. The van der Waals surface area contributed by atoms with Crippen LogP contribution >= 0.6 is 0 Å². The van der Waals surface area contributed by atoms with Crippen molar-refractivity contribution in [2.75, 3.05) is 0 Å². The lowest BCUT2D eigenvalue weighted by molar-refractivity contribution is 0.0249. The summed E-state index contributed by atoms with van der Waals surface area (Å²) in [4.78, 5) is 38.3. The number of hydrogen-bond acceptors (Lipinski definition) is 6. The van der Waals surface area contributed by atoms with Crippen molar-refractivity contribution >= 4 is 17.9 Å². The zero-order valence-electron chi connectivity index (χ0n) is 30.1. The highest BCUT2D eigenvalue weighted by Gasteiger charge is 2.16. The Kier molecular flexibility index (Phi) is 15.3. The molecule has 0 aromatic heterocycles. The Morgan fingerprint density at radius 2 is 0.860 bits per heavy atom. The van der Waals surface area contributed by atoms with Gasteiger partial charge in [0.2, 0.25) is 0 Å². The van der Waals surface area contributed by atoms with Crippen LogP contribution in [-0.2, 0) is 9.47 Å². The van der Waals surface area contributed by atoms with E-state index >= 15 is 0 Å². The fraction of sp³-hybridized carbons (Fsp3) is 0.386. The number of esters is 3. The van der Waals surface area contributed by atoms with Gasteiger partial charge < -0.3 is 14.2 Å². The van der Waals surface area contributed by atoms with Gasteiger partial charge in [0.15, 0.2) is 0 Å². The maximum Gasteiger partial charge on any atom is 0.343 e. The number of carbonyl (C=O) groups is 3. The quantitative estimate of drug-likeness (QED) is 0.0559. The molecular weight excluding hydrogens is 624 g/mol. The van der Waals surface area contributed by atoms with E-state index in [1.165, 1.54) is 12.8 Å². The van der Waals surface area contributed by atoms with Gasteiger partial charge in [-0.05, 0) is 103 Å². The molecule has 4 aromatic rings. The van der Waals surface area contributed by atoms with Gasteiger partial charge >= 0.3 is 17.9 Å². The van der Waals surface area contributed by atoms with Crippen molar-refractivity contribution in [3.05, 3.63) is 114 Å². The third-order valence-corrected chi connectivity index (χ3v) is 8.90. The van der Waals surface area contributed by atoms with Crippen LogP contribution in [-0.4, -0.2) is 30.1 Å². The molecule has 0 N–H and O–H groups in total. The Hall–Kier alpha value is -4.71. The first-order valence-corrected chi connectivity index (χ1v) is 18.4. The lowest BCUT2D eigenvalue weighted by atomic mass is 10.0. The molecule has 50 heavy (non-hydrogen) atoms. The molecule has 0 aliphatic heterocycles. The van der Waals surface area contributed by atoms with Gasteiger partial charge in [0.25, 0.3) is 0 Å². The molecule has 6 heteroatoms. The second-order valence-corrected chi connectivity index (χ2v) is 13.0. The van der Waals surface area contributed by atoms with Crippen LogP contribution in [0.15, 0.2) is 97.1 Å². The van der Waals surface area contributed by atoms with E-state index in [0.29, 0.717) is 22.4 Å². The van der Waals surface area contributed by atoms with Crippen molar-refractivity contribution in [1.29, 1.82) is 0 Å². The molecule has 0 heterocycles. The largest absolute Gasteiger partial charge is 0.459 e. The van der Waals surface area contributed by atoms with Crippen LogP contribution in [0.3, 0.4) is 0 Å². The van der Waals surface area contributed by atoms with Gasteiger partial charge in [-0.1, -0.05) is 114 Å². The molecule has 6 nitrogen and oxygen atoms in total. The lowest BCUT2D eigenvalue weighted by Gasteiger charge is -2.17. The van der Waals surface area contributed by atoms with Gasteiger partial charge in [-0.3, -0.25) is 0 Å². The van der Waals surface area contributed by atoms with Gasteiger partial charge in [-0.15, -0.1) is 0 Å². The van der Waals surface area contributed by atoms with E-state index in [0.717, 1.165) is 80.0 Å². The summed E-state index contributed by atoms with van der Waals surface area (Å²) in [5.74, 6) is -0.608. The van der Waals surface area contributed by atoms with E-state index in [-0.39, 0.29) is 24.1 Å². The van der Waals surface area contributed by atoms with Crippen LogP contribution in [0.4, 0.5) is 0 Å². The maximum atomic E-state index is 12.9. The molecule has 0 radical (unpaired) electrons. The lowest BCUT2D eigenvalue weighted by Crippen LogP contribution is -2.18. The molecule has 0 aliphatic carbocycles. The number of hydrogen-bond donors (Lipinski definition) is 0. The van der Waals surface area contributed by atoms with Crippen molar-refractivity contribution in [3.63, 3.8) is 0 Å². The normalized spacial score (nSPS) is 11.6. The van der Waals surface area contributed by atoms with E-state index in [2.05, 4.69) is 20.8 Å². The summed E-state index contributed by atoms with van der Waals surface area (Å²) in [6.07, 6.45) is 11.4. The predicted molar refractivity (Wildman–Crippen MR) is 201 cm³/mol. The van der Waals surface area contributed by atoms with Gasteiger partial charge in [-0.2, -0.15) is 0 Å². The summed E-state index contributed by atoms with van der Waals surface area (Å²) in [7, 11) is 0. The first-order chi connectivity index (χ1) is 24.3. The van der Waals surface area contributed by atoms with Gasteiger partial charge in [0.05, 0.1) is 22.8 Å². The monoisotopic (exact) mass is 676 g/mol. The van der Waals surface area contributed by atoms with Crippen LogP contribution < -0.4 is 4.74 Å². The molecule has 4 aromatic carbocycles. The molecule has 1 atom stereocenters. The van der Waals surface area contributed by atoms with Crippen molar-refractivity contribution < 1.29 is 28.6 Å². The molecule has 1 unspecified atom stereocenters. The van der Waals surface area contributed by atoms with Gasteiger partial charge in [0, 0.05) is 0 Å². The molecule has 0 bridgehead atoms. The van der Waals surface area contributed by atoms with Crippen LogP contribution in [0.2, 0.25) is 0 Å². The summed E-state index contributed by atoms with van der Waals surface area (Å²) in [5.41, 5.74) is 5.22. The molecule has 0 spiro atoms. The molecule has 0 saturated heterocycles. The molecule has 264 valence electrons. The molecule has 0 saturated carbocycles. The molecule has 0 amide bonds. The smallest absolute Gasteiger partial charge is 0.343 e. The molecular formula is C44H52O6. The first-order valence-electron chi connectivity index (χ1n) is 18.4. The zero-order valence-corrected chi connectivity index (χ0v) is 30.1. The van der Waals surface area contributed by atoms with E-state index in [1.807, 2.05) is 55.5 Å². The Labute approximate surface area is 298 Å². The topological polar surface area (TPSA) is 78.9 Å². The molecule has 0 fully saturated rings. The standard InChI is InChI=1S/C44H52O6/c1-5-8-11-12-13-32(4)48-42(45)37-22-16-33(17-23-37)34-18-24-39(25-19-34)44(47)50-41-30-28-36(29-31-41)35-20-26-38(27-21-35)43(46)49-40(14-9-6-2)15-10-7-3/h16-32,40H,5-15H2,1-4H3. The van der Waals surface area contributed by atoms with E-state index in [4.69, 9.17) is 14.2 Å². The van der Waals surface area contributed by atoms with Crippen molar-refractivity contribution in [3.8, 4) is 28.0 Å². The highest BCUT2D eigenvalue weighted by atomic mass is 16.5. The highest BCUT2D eigenvalue weighted by Crippen LogP contribution is 2.26. The average Bonchev–Trinajstić information content (AvgIpc) is 3.15. The Morgan fingerprint density at radius 1 is 0.460 bits per heavy atom. The molecule has 0 aliphatic rings. The minimum absolute atomic E-state index is 0.0370. The summed E-state index contributed by atoms with van der Waals surface area (Å²) in [6, 6.07) is 29.2. The molecule has 4 rings (SSSR count). The highest BCUT2D eigenvalue weighted by molar-refractivity contribution is 5.92. The predicted octanol–water partition coefficient (Wildman–Crippen LogP) is 11.7. The second kappa shape index (κ2) is 20.1. The third kappa shape index (κ3) is 11.7. The third-order valence-electron chi connectivity index (χ3n) is 8.90. The summed E-state index contributed by atoms with van der Waals surface area (Å²) < 4.78 is 17.1. The summed E-state index contributed by atoms with van der Waals surface area (Å²) >= 11 is 0. The van der Waals surface area contributed by atoms with Crippen molar-refractivity contribution in [2.24, 2.45) is 0 Å². The Bertz CT molecular complexity index is 1610. The summed E-state index contributed by atoms with van der Waals surface area (Å²) in [6.45, 7) is 8.42. The fourth-order valence-corrected chi connectivity index (χ4v) is 5.79. The van der Waals surface area contributed by atoms with Crippen molar-refractivity contribution in [2.45, 2.75) is 111 Å². The van der Waals surface area contributed by atoms with Crippen molar-refractivity contribution in [1.82, 2.24) is 0 Å². The number of unbranched alkanes of at least 4 members (excludes halogenated alkanes) is 5. The van der Waals surface area contributed by atoms with E-state index in [1.54, 1.807) is 48.5 Å². The van der Waals surface area contributed by atoms with Crippen LogP contribution in [0.25, 0.3) is 22.3 Å². The SMILES string of the molecule is CCCCCCC(C)OC(=O)c1ccc(-c2ccc(C(=O)Oc3ccc(-c4ccc(C(=O)OC(CCCC)CCCC)cc4)cc3)cc2)cc1. The number of benzene rings is 4. The van der Waals surface area contributed by atoms with E-state index in [9.17, 15) is 14.4 Å². The van der Waals surface area contributed by atoms with E-state index < -0.39 is 5.97 Å². The number of ether oxygens (including phenoxy) is 3. The minimum Gasteiger partial charge on any atom is -0.459 e. The van der Waals surface area contributed by atoms with Gasteiger partial charge in [-0.25, -0.2) is 14.4 Å². The Balaban J connectivity index is 1.28. The van der Waals surface area contributed by atoms with Crippen LogP contribution in [0.1, 0.15) is 129 Å². The Morgan fingerprint density at radius 3 is 1.30 bits per heavy atom.